The van der Waals surface area contributed by atoms with E-state index in [1.165, 1.54) is 11.3 Å². The second-order valence-corrected chi connectivity index (χ2v) is 4.03. The molecule has 88 valence electrons. The van der Waals surface area contributed by atoms with E-state index < -0.39 is 12.1 Å². The molecule has 0 aromatic carbocycles. The summed E-state index contributed by atoms with van der Waals surface area (Å²) in [6.45, 7) is 2.11. The molecule has 1 aromatic rings. The highest BCUT2D eigenvalue weighted by Gasteiger charge is 2.13. The molecule has 0 aliphatic heterocycles. The van der Waals surface area contributed by atoms with Gasteiger partial charge in [0.15, 0.2) is 10.8 Å². The lowest BCUT2D eigenvalue weighted by molar-refractivity contribution is 0.0690. The van der Waals surface area contributed by atoms with Crippen molar-refractivity contribution in [3.63, 3.8) is 0 Å². The smallest absolute Gasteiger partial charge is 0.404 e. The van der Waals surface area contributed by atoms with Gasteiger partial charge in [0.1, 0.15) is 6.61 Å². The number of carboxylic acid groups (broad SMARTS) is 1. The fourth-order valence-electron chi connectivity index (χ4n) is 0.980. The number of amides is 1. The Morgan fingerprint density at radius 1 is 1.62 bits per heavy atom. The van der Waals surface area contributed by atoms with E-state index in [1.54, 1.807) is 6.92 Å². The van der Waals surface area contributed by atoms with E-state index in [9.17, 15) is 9.59 Å². The van der Waals surface area contributed by atoms with Gasteiger partial charge in [0.2, 0.25) is 0 Å². The first-order chi connectivity index (χ1) is 7.50. The number of rotatable bonds is 5. The standard InChI is InChI=1S/C8H11N3O4S/c1-4-5(6(12)13)11-8(16-4)10-2-3-15-7(9)14/h2-3H2,1H3,(H2,9,14)(H,10,11)(H,12,13). The average Bonchev–Trinajstić information content (AvgIpc) is 2.54. The van der Waals surface area contributed by atoms with Crippen molar-refractivity contribution in [1.82, 2.24) is 4.98 Å². The zero-order valence-electron chi connectivity index (χ0n) is 8.52. The van der Waals surface area contributed by atoms with E-state index in [1.807, 2.05) is 0 Å². The van der Waals surface area contributed by atoms with Crippen molar-refractivity contribution in [2.45, 2.75) is 6.92 Å². The fourth-order valence-corrected chi connectivity index (χ4v) is 1.81. The number of nitrogens with zero attached hydrogens (tertiary/aromatic N) is 1. The van der Waals surface area contributed by atoms with Gasteiger partial charge in [-0.1, -0.05) is 0 Å². The van der Waals surface area contributed by atoms with Crippen LogP contribution < -0.4 is 11.1 Å². The van der Waals surface area contributed by atoms with Gasteiger partial charge in [-0.2, -0.15) is 0 Å². The summed E-state index contributed by atoms with van der Waals surface area (Å²) in [5.74, 6) is -1.06. The molecular weight excluding hydrogens is 234 g/mol. The fraction of sp³-hybridized carbons (Fsp3) is 0.375. The summed E-state index contributed by atoms with van der Waals surface area (Å²) in [4.78, 5) is 25.4. The van der Waals surface area contributed by atoms with Gasteiger partial charge in [-0.3, -0.25) is 0 Å². The minimum atomic E-state index is -1.06. The minimum absolute atomic E-state index is 0.0309. The number of aromatic nitrogens is 1. The van der Waals surface area contributed by atoms with Crippen LogP contribution in [0.5, 0.6) is 0 Å². The van der Waals surface area contributed by atoms with Gasteiger partial charge in [-0.05, 0) is 6.92 Å². The number of carbonyl (C=O) groups is 2. The Morgan fingerprint density at radius 2 is 2.31 bits per heavy atom. The Labute approximate surface area is 95.2 Å². The molecule has 7 nitrogen and oxygen atoms in total. The third-order valence-electron chi connectivity index (χ3n) is 1.62. The van der Waals surface area contributed by atoms with Crippen LogP contribution in [-0.4, -0.2) is 35.3 Å². The third kappa shape index (κ3) is 3.39. The van der Waals surface area contributed by atoms with Gasteiger partial charge in [0.25, 0.3) is 0 Å². The first kappa shape index (κ1) is 12.2. The number of thiazole rings is 1. The van der Waals surface area contributed by atoms with E-state index in [0.717, 1.165) is 0 Å². The van der Waals surface area contributed by atoms with Crippen LogP contribution >= 0.6 is 11.3 Å². The third-order valence-corrected chi connectivity index (χ3v) is 2.55. The van der Waals surface area contributed by atoms with Crippen LogP contribution in [0.2, 0.25) is 0 Å². The number of carbonyl (C=O) groups excluding carboxylic acids is 1. The molecule has 0 atom stereocenters. The molecule has 16 heavy (non-hydrogen) atoms. The predicted molar refractivity (Wildman–Crippen MR) is 57.8 cm³/mol. The number of anilines is 1. The maximum atomic E-state index is 10.7. The lowest BCUT2D eigenvalue weighted by Crippen LogP contribution is -2.18. The summed E-state index contributed by atoms with van der Waals surface area (Å²) in [6, 6.07) is 0. The predicted octanol–water partition coefficient (Wildman–Crippen LogP) is 0.657. The van der Waals surface area contributed by atoms with Crippen LogP contribution in [0.4, 0.5) is 9.93 Å². The zero-order chi connectivity index (χ0) is 12.1. The summed E-state index contributed by atoms with van der Waals surface area (Å²) in [5.41, 5.74) is 4.79. The maximum Gasteiger partial charge on any atom is 0.404 e. The van der Waals surface area contributed by atoms with Crippen LogP contribution in [-0.2, 0) is 4.74 Å². The number of hydrogen-bond donors (Lipinski definition) is 3. The Bertz CT molecular complexity index is 404. The Hall–Kier alpha value is -1.83. The summed E-state index contributed by atoms with van der Waals surface area (Å²) < 4.78 is 4.48. The molecule has 0 fully saturated rings. The van der Waals surface area contributed by atoms with E-state index in [0.29, 0.717) is 16.6 Å². The summed E-state index contributed by atoms with van der Waals surface area (Å²) in [6.07, 6.45) is -0.844. The molecule has 0 saturated heterocycles. The molecule has 1 aromatic heterocycles. The van der Waals surface area contributed by atoms with E-state index in [4.69, 9.17) is 10.8 Å². The van der Waals surface area contributed by atoms with Gasteiger partial charge in [0.05, 0.1) is 6.54 Å². The van der Waals surface area contributed by atoms with Crippen molar-refractivity contribution in [2.75, 3.05) is 18.5 Å². The lowest BCUT2D eigenvalue weighted by atomic mass is 10.4. The number of primary amides is 1. The molecule has 0 radical (unpaired) electrons. The van der Waals surface area contributed by atoms with Crippen LogP contribution in [0.1, 0.15) is 15.4 Å². The molecule has 1 rings (SSSR count). The van der Waals surface area contributed by atoms with Gasteiger partial charge in [0, 0.05) is 4.88 Å². The van der Waals surface area contributed by atoms with Gasteiger partial charge < -0.3 is 20.9 Å². The van der Waals surface area contributed by atoms with Gasteiger partial charge in [-0.15, -0.1) is 11.3 Å². The number of hydrogen-bond acceptors (Lipinski definition) is 6. The zero-order valence-corrected chi connectivity index (χ0v) is 9.34. The highest BCUT2D eigenvalue weighted by molar-refractivity contribution is 7.15. The average molecular weight is 245 g/mol. The van der Waals surface area contributed by atoms with Crippen LogP contribution in [0, 0.1) is 6.92 Å². The van der Waals surface area contributed by atoms with Crippen molar-refractivity contribution in [3.05, 3.63) is 10.6 Å². The molecule has 4 N–H and O–H groups in total. The molecule has 1 heterocycles. The van der Waals surface area contributed by atoms with Crippen LogP contribution in [0.15, 0.2) is 0 Å². The SMILES string of the molecule is Cc1sc(NCCOC(N)=O)nc1C(=O)O. The number of aryl methyl sites for hydroxylation is 1. The van der Waals surface area contributed by atoms with E-state index in [2.05, 4.69) is 15.0 Å². The summed E-state index contributed by atoms with van der Waals surface area (Å²) in [7, 11) is 0. The minimum Gasteiger partial charge on any atom is -0.476 e. The number of nitrogens with one attached hydrogen (secondary N) is 1. The number of nitrogens with two attached hydrogens (primary N) is 1. The van der Waals surface area contributed by atoms with Crippen molar-refractivity contribution < 1.29 is 19.4 Å². The number of aromatic carboxylic acids is 1. The molecule has 0 saturated carbocycles. The van der Waals surface area contributed by atoms with Crippen molar-refractivity contribution in [1.29, 1.82) is 0 Å². The van der Waals surface area contributed by atoms with Crippen LogP contribution in [0.25, 0.3) is 0 Å². The monoisotopic (exact) mass is 245 g/mol. The Kier molecular flexibility index (Phi) is 4.06. The summed E-state index contributed by atoms with van der Waals surface area (Å²) >= 11 is 1.23. The van der Waals surface area contributed by atoms with Crippen molar-refractivity contribution in [3.8, 4) is 0 Å². The molecule has 0 bridgehead atoms. The number of ether oxygens (including phenoxy) is 1. The molecule has 0 aliphatic rings. The second-order valence-electron chi connectivity index (χ2n) is 2.82. The van der Waals surface area contributed by atoms with Crippen molar-refractivity contribution in [2.24, 2.45) is 5.73 Å². The highest BCUT2D eigenvalue weighted by atomic mass is 32.1. The number of carboxylic acids is 1. The Morgan fingerprint density at radius 3 is 2.81 bits per heavy atom. The molecule has 0 unspecified atom stereocenters. The molecule has 0 aliphatic carbocycles. The van der Waals surface area contributed by atoms with E-state index in [-0.39, 0.29) is 12.3 Å². The maximum absolute atomic E-state index is 10.7. The van der Waals surface area contributed by atoms with Gasteiger partial charge >= 0.3 is 12.1 Å². The first-order valence-corrected chi connectivity index (χ1v) is 5.19. The largest absolute Gasteiger partial charge is 0.476 e. The second kappa shape index (κ2) is 5.31. The van der Waals surface area contributed by atoms with E-state index >= 15 is 0 Å². The summed E-state index contributed by atoms with van der Waals surface area (Å²) in [5, 5.41) is 12.1. The quantitative estimate of drug-likeness (QED) is 0.656. The lowest BCUT2D eigenvalue weighted by Gasteiger charge is -2.01. The molecular formula is C8H11N3O4S. The highest BCUT2D eigenvalue weighted by Crippen LogP contribution is 2.21. The van der Waals surface area contributed by atoms with Gasteiger partial charge in [-0.25, -0.2) is 14.6 Å². The normalized spacial score (nSPS) is 9.81. The molecule has 0 spiro atoms. The topological polar surface area (TPSA) is 115 Å². The molecule has 1 amide bonds. The van der Waals surface area contributed by atoms with Crippen molar-refractivity contribution >= 4 is 28.5 Å². The Balaban J connectivity index is 2.46. The first-order valence-electron chi connectivity index (χ1n) is 4.37. The molecule has 8 heteroatoms. The van der Waals surface area contributed by atoms with Crippen LogP contribution in [0.3, 0.4) is 0 Å².